The van der Waals surface area contributed by atoms with E-state index in [9.17, 15) is 9.59 Å². The zero-order valence-electron chi connectivity index (χ0n) is 15.3. The first kappa shape index (κ1) is 19.2. The minimum absolute atomic E-state index is 0.130. The molecular formula is C20H21BrN2O4. The molecule has 6 nitrogen and oxygen atoms in total. The third kappa shape index (κ3) is 4.24. The van der Waals surface area contributed by atoms with Gasteiger partial charge in [-0.15, -0.1) is 0 Å². The molecule has 2 amide bonds. The monoisotopic (exact) mass is 432 g/mol. The summed E-state index contributed by atoms with van der Waals surface area (Å²) in [4.78, 5) is 26.0. The largest absolute Gasteiger partial charge is 0.493 e. The number of carbonyl (C=O) groups is 2. The van der Waals surface area contributed by atoms with Crippen LogP contribution in [0.25, 0.3) is 0 Å². The number of methoxy groups -OCH3 is 2. The lowest BCUT2D eigenvalue weighted by atomic mass is 10.1. The van der Waals surface area contributed by atoms with Crippen LogP contribution in [0.5, 0.6) is 11.5 Å². The van der Waals surface area contributed by atoms with E-state index in [1.807, 2.05) is 24.3 Å². The minimum Gasteiger partial charge on any atom is -0.493 e. The van der Waals surface area contributed by atoms with Crippen LogP contribution in [0.1, 0.15) is 28.8 Å². The molecule has 3 rings (SSSR count). The molecule has 2 aromatic rings. The van der Waals surface area contributed by atoms with Crippen LogP contribution in [0.4, 0.5) is 5.69 Å². The van der Waals surface area contributed by atoms with Gasteiger partial charge in [-0.2, -0.15) is 0 Å². The summed E-state index contributed by atoms with van der Waals surface area (Å²) in [5.74, 6) is 1.16. The van der Waals surface area contributed by atoms with Crippen molar-refractivity contribution >= 4 is 33.4 Å². The third-order valence-electron chi connectivity index (χ3n) is 4.51. The number of hydrogen-bond acceptors (Lipinski definition) is 4. The standard InChI is InChI=1S/C20H21BrN2O4/c1-26-17-10-14(16(21)11-18(17)27-2)12-22-20(25)13-5-7-15(8-6-13)23-9-3-4-19(23)24/h5-8,10-11H,3-4,9,12H2,1-2H3,(H,22,25). The molecule has 1 N–H and O–H groups in total. The highest BCUT2D eigenvalue weighted by molar-refractivity contribution is 9.10. The SMILES string of the molecule is COc1cc(Br)c(CNC(=O)c2ccc(N3CCCC3=O)cc2)cc1OC. The average Bonchev–Trinajstić information content (AvgIpc) is 3.12. The average molecular weight is 433 g/mol. The first-order valence-corrected chi connectivity index (χ1v) is 9.42. The van der Waals surface area contributed by atoms with Crippen LogP contribution < -0.4 is 19.7 Å². The maximum atomic E-state index is 12.4. The zero-order valence-corrected chi connectivity index (χ0v) is 16.8. The zero-order chi connectivity index (χ0) is 19.4. The Morgan fingerprint density at radius 2 is 1.81 bits per heavy atom. The lowest BCUT2D eigenvalue weighted by molar-refractivity contribution is -0.117. The molecule has 142 valence electrons. The molecule has 1 aliphatic heterocycles. The number of benzene rings is 2. The van der Waals surface area contributed by atoms with Crippen molar-refractivity contribution in [2.45, 2.75) is 19.4 Å². The fraction of sp³-hybridized carbons (Fsp3) is 0.300. The fourth-order valence-electron chi connectivity index (χ4n) is 3.02. The summed E-state index contributed by atoms with van der Waals surface area (Å²) in [6, 6.07) is 10.7. The highest BCUT2D eigenvalue weighted by atomic mass is 79.9. The quantitative estimate of drug-likeness (QED) is 0.757. The number of anilines is 1. The Bertz CT molecular complexity index is 852. The lowest BCUT2D eigenvalue weighted by Gasteiger charge is -2.16. The molecule has 0 atom stereocenters. The number of carbonyl (C=O) groups excluding carboxylic acids is 2. The van der Waals surface area contributed by atoms with Crippen LogP contribution in [0.15, 0.2) is 40.9 Å². The van der Waals surface area contributed by atoms with Gasteiger partial charge < -0.3 is 19.7 Å². The van der Waals surface area contributed by atoms with Gasteiger partial charge in [-0.3, -0.25) is 9.59 Å². The summed E-state index contributed by atoms with van der Waals surface area (Å²) in [5, 5.41) is 2.90. The Labute approximate surface area is 166 Å². The number of nitrogens with one attached hydrogen (secondary N) is 1. The molecule has 1 heterocycles. The molecule has 0 radical (unpaired) electrons. The number of halogens is 1. The number of rotatable bonds is 6. The van der Waals surface area contributed by atoms with Crippen molar-refractivity contribution in [1.29, 1.82) is 0 Å². The summed E-state index contributed by atoms with van der Waals surface area (Å²) in [7, 11) is 3.14. The molecule has 0 unspecified atom stereocenters. The minimum atomic E-state index is -0.184. The van der Waals surface area contributed by atoms with E-state index in [2.05, 4.69) is 21.2 Å². The predicted octanol–water partition coefficient (Wildman–Crippen LogP) is 3.52. The van der Waals surface area contributed by atoms with Crippen molar-refractivity contribution in [3.8, 4) is 11.5 Å². The molecule has 0 aromatic heterocycles. The maximum Gasteiger partial charge on any atom is 0.251 e. The molecule has 0 bridgehead atoms. The molecule has 0 saturated carbocycles. The van der Waals surface area contributed by atoms with Gasteiger partial charge in [0, 0.05) is 35.2 Å². The molecule has 1 saturated heterocycles. The second kappa shape index (κ2) is 8.43. The highest BCUT2D eigenvalue weighted by Gasteiger charge is 2.21. The van der Waals surface area contributed by atoms with E-state index in [-0.39, 0.29) is 11.8 Å². The van der Waals surface area contributed by atoms with Gasteiger partial charge in [0.05, 0.1) is 14.2 Å². The van der Waals surface area contributed by atoms with Crippen LogP contribution in [0.2, 0.25) is 0 Å². The van der Waals surface area contributed by atoms with Crippen molar-refractivity contribution in [1.82, 2.24) is 5.32 Å². The van der Waals surface area contributed by atoms with Gasteiger partial charge in [0.2, 0.25) is 5.91 Å². The van der Waals surface area contributed by atoms with E-state index in [1.165, 1.54) is 0 Å². The fourth-order valence-corrected chi connectivity index (χ4v) is 3.49. The smallest absolute Gasteiger partial charge is 0.251 e. The Morgan fingerprint density at radius 3 is 2.41 bits per heavy atom. The molecule has 7 heteroatoms. The van der Waals surface area contributed by atoms with Gasteiger partial charge in [0.15, 0.2) is 11.5 Å². The Hall–Kier alpha value is -2.54. The van der Waals surface area contributed by atoms with E-state index >= 15 is 0 Å². The van der Waals surface area contributed by atoms with Crippen molar-refractivity contribution < 1.29 is 19.1 Å². The molecule has 0 spiro atoms. The van der Waals surface area contributed by atoms with Gasteiger partial charge in [-0.1, -0.05) is 15.9 Å². The third-order valence-corrected chi connectivity index (χ3v) is 5.24. The molecule has 1 aliphatic rings. The normalized spacial score (nSPS) is 13.6. The number of ether oxygens (including phenoxy) is 2. The van der Waals surface area contributed by atoms with Crippen LogP contribution in [-0.2, 0) is 11.3 Å². The van der Waals surface area contributed by atoms with E-state index < -0.39 is 0 Å². The number of nitrogens with zero attached hydrogens (tertiary/aromatic N) is 1. The van der Waals surface area contributed by atoms with Crippen molar-refractivity contribution in [3.05, 3.63) is 52.0 Å². The first-order valence-electron chi connectivity index (χ1n) is 8.62. The first-order chi connectivity index (χ1) is 13.0. The Morgan fingerprint density at radius 1 is 1.15 bits per heavy atom. The van der Waals surface area contributed by atoms with Crippen molar-refractivity contribution in [2.75, 3.05) is 25.7 Å². The van der Waals surface area contributed by atoms with E-state index in [4.69, 9.17) is 9.47 Å². The van der Waals surface area contributed by atoms with Gasteiger partial charge >= 0.3 is 0 Å². The van der Waals surface area contributed by atoms with E-state index in [0.29, 0.717) is 30.0 Å². The summed E-state index contributed by atoms with van der Waals surface area (Å²) in [6.07, 6.45) is 1.46. The van der Waals surface area contributed by atoms with Gasteiger partial charge in [-0.05, 0) is 48.4 Å². The Balaban J connectivity index is 1.66. The van der Waals surface area contributed by atoms with Gasteiger partial charge in [-0.25, -0.2) is 0 Å². The summed E-state index contributed by atoms with van der Waals surface area (Å²) in [6.45, 7) is 1.07. The Kier molecular flexibility index (Phi) is 6.01. The number of amides is 2. The van der Waals surface area contributed by atoms with Crippen LogP contribution in [0, 0.1) is 0 Å². The van der Waals surface area contributed by atoms with E-state index in [0.717, 1.165) is 28.7 Å². The van der Waals surface area contributed by atoms with Crippen LogP contribution in [-0.4, -0.2) is 32.6 Å². The van der Waals surface area contributed by atoms with Crippen LogP contribution in [0.3, 0.4) is 0 Å². The topological polar surface area (TPSA) is 67.9 Å². The molecule has 2 aromatic carbocycles. The summed E-state index contributed by atoms with van der Waals surface area (Å²) < 4.78 is 11.4. The summed E-state index contributed by atoms with van der Waals surface area (Å²) in [5.41, 5.74) is 2.25. The second-order valence-electron chi connectivity index (χ2n) is 6.18. The molecular weight excluding hydrogens is 412 g/mol. The molecule has 0 aliphatic carbocycles. The molecule has 27 heavy (non-hydrogen) atoms. The highest BCUT2D eigenvalue weighted by Crippen LogP contribution is 2.33. The van der Waals surface area contributed by atoms with Crippen molar-refractivity contribution in [3.63, 3.8) is 0 Å². The predicted molar refractivity (Wildman–Crippen MR) is 106 cm³/mol. The second-order valence-corrected chi connectivity index (χ2v) is 7.03. The van der Waals surface area contributed by atoms with Gasteiger partial charge in [0.1, 0.15) is 0 Å². The van der Waals surface area contributed by atoms with Gasteiger partial charge in [0.25, 0.3) is 5.91 Å². The maximum absolute atomic E-state index is 12.4. The number of hydrogen-bond donors (Lipinski definition) is 1. The van der Waals surface area contributed by atoms with Crippen LogP contribution >= 0.6 is 15.9 Å². The lowest BCUT2D eigenvalue weighted by Crippen LogP contribution is -2.25. The van der Waals surface area contributed by atoms with Crippen molar-refractivity contribution in [2.24, 2.45) is 0 Å². The summed E-state index contributed by atoms with van der Waals surface area (Å²) >= 11 is 3.49. The van der Waals surface area contributed by atoms with E-state index in [1.54, 1.807) is 31.3 Å². The molecule has 1 fully saturated rings.